The molecule has 1 aliphatic rings. The van der Waals surface area contributed by atoms with Crippen LogP contribution in [0.2, 0.25) is 0 Å². The second-order valence-corrected chi connectivity index (χ2v) is 4.84. The molecule has 0 spiro atoms. The summed E-state index contributed by atoms with van der Waals surface area (Å²) in [6.07, 6.45) is 6.00. The van der Waals surface area contributed by atoms with Crippen LogP contribution in [0.4, 0.5) is 0 Å². The third kappa shape index (κ3) is 2.25. The monoisotopic (exact) mass is 252 g/mol. The minimum atomic E-state index is 0.524. The maximum atomic E-state index is 9.22. The fraction of sp³-hybridized carbons (Fsp3) is 0.333. The van der Waals surface area contributed by atoms with E-state index >= 15 is 0 Å². The Hall–Kier alpha value is -2.12. The number of para-hydroxylation sites is 1. The first-order valence-corrected chi connectivity index (χ1v) is 6.62. The molecule has 4 nitrogen and oxygen atoms in total. The Bertz CT molecular complexity index is 603. The fourth-order valence-electron chi connectivity index (χ4n) is 2.70. The molecule has 1 N–H and O–H groups in total. The van der Waals surface area contributed by atoms with Crippen LogP contribution in [0.5, 0.6) is 0 Å². The molecule has 1 saturated heterocycles. The molecule has 2 heterocycles. The van der Waals surface area contributed by atoms with Crippen LogP contribution in [0, 0.1) is 11.3 Å². The van der Waals surface area contributed by atoms with Gasteiger partial charge in [-0.25, -0.2) is 4.98 Å². The van der Waals surface area contributed by atoms with Gasteiger partial charge in [-0.2, -0.15) is 5.26 Å². The number of nitrogens with one attached hydrogen (secondary N) is 1. The summed E-state index contributed by atoms with van der Waals surface area (Å²) in [4.78, 5) is 4.28. The standard InChI is InChI=1S/C15H16N4/c16-9-13-3-1-2-4-14(13)19-11-18-10-15(19)12-5-7-17-8-6-12/h1-4,10-12,17H,5-8H2. The Kier molecular flexibility index (Phi) is 3.30. The quantitative estimate of drug-likeness (QED) is 0.891. The number of aromatic nitrogens is 2. The molecule has 1 aromatic carbocycles. The lowest BCUT2D eigenvalue weighted by molar-refractivity contribution is 0.449. The van der Waals surface area contributed by atoms with Crippen LogP contribution in [0.3, 0.4) is 0 Å². The first kappa shape index (κ1) is 11.9. The first-order valence-electron chi connectivity index (χ1n) is 6.62. The summed E-state index contributed by atoms with van der Waals surface area (Å²) >= 11 is 0. The molecule has 0 unspecified atom stereocenters. The second kappa shape index (κ2) is 5.25. The number of piperidine rings is 1. The molecule has 96 valence electrons. The van der Waals surface area contributed by atoms with E-state index in [0.29, 0.717) is 11.5 Å². The normalized spacial score (nSPS) is 16.2. The maximum Gasteiger partial charge on any atom is 0.101 e. The maximum absolute atomic E-state index is 9.22. The van der Waals surface area contributed by atoms with E-state index in [4.69, 9.17) is 0 Å². The molecule has 0 radical (unpaired) electrons. The van der Waals surface area contributed by atoms with Gasteiger partial charge < -0.3 is 9.88 Å². The summed E-state index contributed by atoms with van der Waals surface area (Å²) in [5.74, 6) is 0.524. The van der Waals surface area contributed by atoms with E-state index in [1.54, 1.807) is 0 Å². The Morgan fingerprint density at radius 2 is 2.05 bits per heavy atom. The highest BCUT2D eigenvalue weighted by Gasteiger charge is 2.20. The van der Waals surface area contributed by atoms with Gasteiger partial charge in [0.2, 0.25) is 0 Å². The average Bonchev–Trinajstić information content (AvgIpc) is 2.97. The molecule has 0 aliphatic carbocycles. The van der Waals surface area contributed by atoms with E-state index in [0.717, 1.165) is 31.6 Å². The molecular formula is C15H16N4. The first-order chi connectivity index (χ1) is 9.40. The summed E-state index contributed by atoms with van der Waals surface area (Å²) in [6.45, 7) is 2.10. The smallest absolute Gasteiger partial charge is 0.101 e. The van der Waals surface area contributed by atoms with Gasteiger partial charge in [-0.1, -0.05) is 12.1 Å². The number of nitriles is 1. The largest absolute Gasteiger partial charge is 0.317 e. The van der Waals surface area contributed by atoms with Crippen LogP contribution >= 0.6 is 0 Å². The Labute approximate surface area is 112 Å². The number of rotatable bonds is 2. The van der Waals surface area contributed by atoms with Crippen LogP contribution in [-0.4, -0.2) is 22.6 Å². The molecule has 1 fully saturated rings. The van der Waals surface area contributed by atoms with Gasteiger partial charge in [-0.15, -0.1) is 0 Å². The Morgan fingerprint density at radius 1 is 1.26 bits per heavy atom. The lowest BCUT2D eigenvalue weighted by atomic mass is 9.94. The van der Waals surface area contributed by atoms with Gasteiger partial charge in [0, 0.05) is 17.8 Å². The number of hydrogen-bond donors (Lipinski definition) is 1. The zero-order chi connectivity index (χ0) is 13.1. The van der Waals surface area contributed by atoms with Crippen molar-refractivity contribution in [1.82, 2.24) is 14.9 Å². The number of imidazole rings is 1. The van der Waals surface area contributed by atoms with Gasteiger partial charge in [-0.3, -0.25) is 0 Å². The van der Waals surface area contributed by atoms with Gasteiger partial charge in [0.15, 0.2) is 0 Å². The van der Waals surface area contributed by atoms with E-state index in [1.165, 1.54) is 5.69 Å². The van der Waals surface area contributed by atoms with Crippen molar-refractivity contribution in [3.63, 3.8) is 0 Å². The zero-order valence-electron chi connectivity index (χ0n) is 10.7. The summed E-state index contributed by atoms with van der Waals surface area (Å²) in [6, 6.07) is 9.93. The summed E-state index contributed by atoms with van der Waals surface area (Å²) < 4.78 is 2.06. The molecule has 4 heteroatoms. The molecule has 1 aromatic heterocycles. The third-order valence-corrected chi connectivity index (χ3v) is 3.71. The van der Waals surface area contributed by atoms with Crippen molar-refractivity contribution >= 4 is 0 Å². The predicted octanol–water partition coefficient (Wildman–Crippen LogP) is 2.21. The van der Waals surface area contributed by atoms with E-state index in [9.17, 15) is 5.26 Å². The van der Waals surface area contributed by atoms with Crippen molar-refractivity contribution in [2.24, 2.45) is 0 Å². The van der Waals surface area contributed by atoms with E-state index in [1.807, 2.05) is 36.8 Å². The summed E-state index contributed by atoms with van der Waals surface area (Å²) in [5, 5.41) is 12.6. The van der Waals surface area contributed by atoms with Crippen LogP contribution < -0.4 is 5.32 Å². The molecule has 0 saturated carbocycles. The minimum absolute atomic E-state index is 0.524. The van der Waals surface area contributed by atoms with Crippen LogP contribution in [0.25, 0.3) is 5.69 Å². The Morgan fingerprint density at radius 3 is 2.84 bits per heavy atom. The van der Waals surface area contributed by atoms with Gasteiger partial charge >= 0.3 is 0 Å². The molecule has 2 aromatic rings. The lowest BCUT2D eigenvalue weighted by Gasteiger charge is -2.23. The highest BCUT2D eigenvalue weighted by atomic mass is 15.1. The van der Waals surface area contributed by atoms with Crippen LogP contribution in [-0.2, 0) is 0 Å². The Balaban J connectivity index is 2.02. The third-order valence-electron chi connectivity index (χ3n) is 3.71. The van der Waals surface area contributed by atoms with E-state index in [2.05, 4.69) is 20.9 Å². The molecular weight excluding hydrogens is 236 g/mol. The highest BCUT2D eigenvalue weighted by Crippen LogP contribution is 2.27. The summed E-state index contributed by atoms with van der Waals surface area (Å²) in [7, 11) is 0. The van der Waals surface area contributed by atoms with Gasteiger partial charge in [0.1, 0.15) is 6.07 Å². The van der Waals surface area contributed by atoms with Crippen molar-refractivity contribution in [2.45, 2.75) is 18.8 Å². The van der Waals surface area contributed by atoms with E-state index < -0.39 is 0 Å². The number of hydrogen-bond acceptors (Lipinski definition) is 3. The van der Waals surface area contributed by atoms with Gasteiger partial charge in [0.25, 0.3) is 0 Å². The molecule has 1 aliphatic heterocycles. The van der Waals surface area contributed by atoms with E-state index in [-0.39, 0.29) is 0 Å². The molecule has 0 bridgehead atoms. The minimum Gasteiger partial charge on any atom is -0.317 e. The lowest BCUT2D eigenvalue weighted by Crippen LogP contribution is -2.27. The molecule has 0 atom stereocenters. The van der Waals surface area contributed by atoms with Crippen LogP contribution in [0.1, 0.15) is 30.0 Å². The topological polar surface area (TPSA) is 53.6 Å². The number of nitrogens with zero attached hydrogens (tertiary/aromatic N) is 3. The van der Waals surface area contributed by atoms with Crippen molar-refractivity contribution in [1.29, 1.82) is 5.26 Å². The fourth-order valence-corrected chi connectivity index (χ4v) is 2.70. The number of benzene rings is 1. The average molecular weight is 252 g/mol. The second-order valence-electron chi connectivity index (χ2n) is 4.84. The summed E-state index contributed by atoms with van der Waals surface area (Å²) in [5.41, 5.74) is 2.83. The van der Waals surface area contributed by atoms with Crippen molar-refractivity contribution in [3.05, 3.63) is 48.0 Å². The van der Waals surface area contributed by atoms with Gasteiger partial charge in [-0.05, 0) is 38.1 Å². The van der Waals surface area contributed by atoms with Crippen molar-refractivity contribution < 1.29 is 0 Å². The highest BCUT2D eigenvalue weighted by molar-refractivity contribution is 5.49. The predicted molar refractivity (Wildman–Crippen MR) is 73.1 cm³/mol. The molecule has 19 heavy (non-hydrogen) atoms. The van der Waals surface area contributed by atoms with Gasteiger partial charge in [0.05, 0.1) is 17.6 Å². The molecule has 0 amide bonds. The van der Waals surface area contributed by atoms with Crippen LogP contribution in [0.15, 0.2) is 36.8 Å². The van der Waals surface area contributed by atoms with Crippen molar-refractivity contribution in [3.8, 4) is 11.8 Å². The van der Waals surface area contributed by atoms with Crippen molar-refractivity contribution in [2.75, 3.05) is 13.1 Å². The SMILES string of the molecule is N#Cc1ccccc1-n1cncc1C1CCNCC1. The zero-order valence-corrected chi connectivity index (χ0v) is 10.7. The molecule has 3 rings (SSSR count).